The van der Waals surface area contributed by atoms with Crippen LogP contribution < -0.4 is 9.64 Å². The molecule has 0 radical (unpaired) electrons. The molecule has 1 spiro atoms. The van der Waals surface area contributed by atoms with E-state index in [0.29, 0.717) is 30.6 Å². The Balaban J connectivity index is 1.28. The number of aliphatic hydroxyl groups is 1. The number of carbonyl (C=O) groups excluding carboxylic acids is 1. The van der Waals surface area contributed by atoms with Gasteiger partial charge in [0.05, 0.1) is 49.9 Å². The number of hydrogen-bond donors (Lipinski definition) is 1. The fraction of sp³-hybridized carbons (Fsp3) is 0.606. The van der Waals surface area contributed by atoms with Crippen LogP contribution in [0.15, 0.2) is 36.4 Å². The number of hydrogen-bond acceptors (Lipinski definition) is 7. The molecule has 6 atom stereocenters. The molecule has 8 heteroatoms. The lowest BCUT2D eigenvalue weighted by atomic mass is 9.67. The van der Waals surface area contributed by atoms with Gasteiger partial charge in [-0.1, -0.05) is 17.7 Å². The van der Waals surface area contributed by atoms with Crippen molar-refractivity contribution in [3.05, 3.63) is 58.1 Å². The summed E-state index contributed by atoms with van der Waals surface area (Å²) in [6.45, 7) is 4.93. The Morgan fingerprint density at radius 3 is 2.88 bits per heavy atom. The smallest absolute Gasteiger partial charge is 0.337 e. The Bertz CT molecular complexity index is 1250. The van der Waals surface area contributed by atoms with E-state index >= 15 is 0 Å². The maximum atomic E-state index is 12.5. The van der Waals surface area contributed by atoms with Crippen molar-refractivity contribution in [1.82, 2.24) is 0 Å². The van der Waals surface area contributed by atoms with Gasteiger partial charge in [-0.3, -0.25) is 0 Å². The summed E-state index contributed by atoms with van der Waals surface area (Å²) >= 11 is 6.41. The van der Waals surface area contributed by atoms with Gasteiger partial charge in [0.1, 0.15) is 5.75 Å². The van der Waals surface area contributed by atoms with E-state index in [9.17, 15) is 9.90 Å². The van der Waals surface area contributed by atoms with Gasteiger partial charge >= 0.3 is 5.97 Å². The van der Waals surface area contributed by atoms with Crippen molar-refractivity contribution in [2.45, 2.75) is 75.6 Å². The fourth-order valence-electron chi connectivity index (χ4n) is 7.54. The van der Waals surface area contributed by atoms with Gasteiger partial charge in [0, 0.05) is 36.6 Å². The molecule has 41 heavy (non-hydrogen) atoms. The van der Waals surface area contributed by atoms with Crippen molar-refractivity contribution in [2.24, 2.45) is 11.8 Å². The predicted octanol–water partition coefficient (Wildman–Crippen LogP) is 5.57. The summed E-state index contributed by atoms with van der Waals surface area (Å²) in [6.07, 6.45) is 7.32. The third kappa shape index (κ3) is 5.83. The number of anilines is 1. The highest BCUT2D eigenvalue weighted by molar-refractivity contribution is 6.30. The standard InChI is InChI=1S/C33H42ClNO6/c1-21(18-36)41-26-11-13-39-31(16-26)27-8-5-24(27)17-35-19-33(12-3-4-22-14-25(34)7-9-28(22)33)20-40-30-10-6-23(15-29(30)35)32(37)38-2/h6-7,9-10,14-15,21,24,26-27,31,36H,3-5,8,11-13,16-20H2,1-2H3/t21-,24-,26+,27+,31+,33-/m0/s1. The highest BCUT2D eigenvalue weighted by atomic mass is 35.5. The highest BCUT2D eigenvalue weighted by Crippen LogP contribution is 2.47. The Labute approximate surface area is 248 Å². The van der Waals surface area contributed by atoms with Crippen LogP contribution in [-0.4, -0.2) is 69.4 Å². The lowest BCUT2D eigenvalue weighted by Gasteiger charge is -2.48. The third-order valence-electron chi connectivity index (χ3n) is 9.82. The van der Waals surface area contributed by atoms with Gasteiger partial charge in [-0.25, -0.2) is 4.79 Å². The van der Waals surface area contributed by atoms with Gasteiger partial charge in [0.15, 0.2) is 0 Å². The first kappa shape index (κ1) is 28.8. The van der Waals surface area contributed by atoms with E-state index in [2.05, 4.69) is 17.0 Å². The molecule has 2 aromatic carbocycles. The van der Waals surface area contributed by atoms with Gasteiger partial charge in [-0.15, -0.1) is 0 Å². The average Bonchev–Trinajstić information content (AvgIpc) is 3.11. The number of aryl methyl sites for hydroxylation is 1. The Morgan fingerprint density at radius 1 is 1.22 bits per heavy atom. The molecule has 0 unspecified atom stereocenters. The largest absolute Gasteiger partial charge is 0.490 e. The molecule has 6 rings (SSSR count). The molecule has 0 aromatic heterocycles. The van der Waals surface area contributed by atoms with Crippen LogP contribution in [0.25, 0.3) is 0 Å². The number of fused-ring (bicyclic) bond motifs is 3. The number of esters is 1. The molecule has 2 aromatic rings. The number of carbonyl (C=O) groups is 1. The van der Waals surface area contributed by atoms with E-state index in [1.165, 1.54) is 18.2 Å². The SMILES string of the molecule is COC(=O)c1ccc2c(c1)N(C[C@@H]1CC[C@H]1[C@H]1C[C@H](O[C@@H](C)CO)CCO1)C[C@@]1(CCCc3cc(Cl)ccc31)CO2. The number of methoxy groups -OCH3 is 1. The molecule has 1 saturated heterocycles. The van der Waals surface area contributed by atoms with Gasteiger partial charge in [-0.05, 0) is 98.7 Å². The van der Waals surface area contributed by atoms with Gasteiger partial charge < -0.3 is 29.0 Å². The van der Waals surface area contributed by atoms with E-state index in [0.717, 1.165) is 74.5 Å². The van der Waals surface area contributed by atoms with Crippen molar-refractivity contribution in [3.8, 4) is 5.75 Å². The zero-order chi connectivity index (χ0) is 28.6. The minimum atomic E-state index is -0.343. The van der Waals surface area contributed by atoms with Crippen molar-refractivity contribution < 1.29 is 28.8 Å². The maximum Gasteiger partial charge on any atom is 0.337 e. The normalized spacial score (nSPS) is 29.9. The Morgan fingerprint density at radius 2 is 2.10 bits per heavy atom. The molecular formula is C33H42ClNO6. The summed E-state index contributed by atoms with van der Waals surface area (Å²) in [4.78, 5) is 15.0. The van der Waals surface area contributed by atoms with Crippen LogP contribution >= 0.6 is 11.6 Å². The second-order valence-electron chi connectivity index (χ2n) is 12.5. The highest BCUT2D eigenvalue weighted by Gasteiger charge is 2.45. The lowest BCUT2D eigenvalue weighted by Crippen LogP contribution is -2.51. The van der Waals surface area contributed by atoms with Crippen molar-refractivity contribution in [1.29, 1.82) is 0 Å². The number of nitrogens with zero attached hydrogens (tertiary/aromatic N) is 1. The van der Waals surface area contributed by atoms with Crippen LogP contribution in [0.2, 0.25) is 5.02 Å². The van der Waals surface area contributed by atoms with Gasteiger partial charge in [0.25, 0.3) is 0 Å². The molecule has 2 aliphatic heterocycles. The lowest BCUT2D eigenvalue weighted by molar-refractivity contribution is -0.134. The number of benzene rings is 2. The molecule has 0 amide bonds. The van der Waals surface area contributed by atoms with Crippen molar-refractivity contribution >= 4 is 23.3 Å². The van der Waals surface area contributed by atoms with E-state index in [1.807, 2.05) is 25.1 Å². The maximum absolute atomic E-state index is 12.5. The summed E-state index contributed by atoms with van der Waals surface area (Å²) in [5.74, 6) is 1.39. The van der Waals surface area contributed by atoms with E-state index in [1.54, 1.807) is 6.07 Å². The zero-order valence-electron chi connectivity index (χ0n) is 24.1. The molecule has 4 aliphatic rings. The first-order valence-electron chi connectivity index (χ1n) is 15.2. The number of ether oxygens (including phenoxy) is 4. The number of aliphatic hydroxyl groups excluding tert-OH is 1. The third-order valence-corrected chi connectivity index (χ3v) is 10.1. The molecule has 1 N–H and O–H groups in total. The summed E-state index contributed by atoms with van der Waals surface area (Å²) in [7, 11) is 1.42. The minimum absolute atomic E-state index is 0.0369. The first-order valence-corrected chi connectivity index (χ1v) is 15.5. The molecule has 2 fully saturated rings. The fourth-order valence-corrected chi connectivity index (χ4v) is 7.74. The van der Waals surface area contributed by atoms with Crippen LogP contribution in [0.4, 0.5) is 5.69 Å². The summed E-state index contributed by atoms with van der Waals surface area (Å²) in [5, 5.41) is 10.2. The van der Waals surface area contributed by atoms with Crippen LogP contribution in [0, 0.1) is 11.8 Å². The monoisotopic (exact) mass is 583 g/mol. The molecule has 0 bridgehead atoms. The van der Waals surface area contributed by atoms with Crippen LogP contribution in [0.1, 0.15) is 66.9 Å². The zero-order valence-corrected chi connectivity index (χ0v) is 24.9. The number of rotatable bonds is 7. The summed E-state index contributed by atoms with van der Waals surface area (Å²) < 4.78 is 24.0. The van der Waals surface area contributed by atoms with Crippen LogP contribution in [0.3, 0.4) is 0 Å². The first-order chi connectivity index (χ1) is 19.9. The molecule has 222 valence electrons. The second kappa shape index (κ2) is 12.1. The average molecular weight is 584 g/mol. The Kier molecular flexibility index (Phi) is 8.51. The van der Waals surface area contributed by atoms with Crippen molar-refractivity contribution in [2.75, 3.05) is 44.9 Å². The summed E-state index contributed by atoms with van der Waals surface area (Å²) in [5.41, 5.74) is 3.97. The predicted molar refractivity (Wildman–Crippen MR) is 158 cm³/mol. The Hall–Kier alpha value is -2.32. The van der Waals surface area contributed by atoms with Crippen LogP contribution in [-0.2, 0) is 26.0 Å². The minimum Gasteiger partial charge on any atom is -0.490 e. The topological polar surface area (TPSA) is 77.5 Å². The van der Waals surface area contributed by atoms with E-state index < -0.39 is 0 Å². The van der Waals surface area contributed by atoms with Gasteiger partial charge in [-0.2, -0.15) is 0 Å². The molecule has 7 nitrogen and oxygen atoms in total. The molecular weight excluding hydrogens is 542 g/mol. The van der Waals surface area contributed by atoms with E-state index in [-0.39, 0.29) is 36.3 Å². The summed E-state index contributed by atoms with van der Waals surface area (Å²) in [6, 6.07) is 12.0. The molecule has 1 saturated carbocycles. The van der Waals surface area contributed by atoms with E-state index in [4.69, 9.17) is 30.5 Å². The van der Waals surface area contributed by atoms with Crippen LogP contribution in [0.5, 0.6) is 5.75 Å². The quantitative estimate of drug-likeness (QED) is 0.427. The van der Waals surface area contributed by atoms with Gasteiger partial charge in [0.2, 0.25) is 0 Å². The molecule has 2 heterocycles. The number of halogens is 1. The van der Waals surface area contributed by atoms with Crippen molar-refractivity contribution in [3.63, 3.8) is 0 Å². The molecule has 2 aliphatic carbocycles. The second-order valence-corrected chi connectivity index (χ2v) is 12.9.